The van der Waals surface area contributed by atoms with Crippen LogP contribution in [0.15, 0.2) is 24.3 Å². The van der Waals surface area contributed by atoms with Crippen LogP contribution in [-0.4, -0.2) is 40.9 Å². The van der Waals surface area contributed by atoms with E-state index in [0.717, 1.165) is 44.5 Å². The van der Waals surface area contributed by atoms with E-state index in [-0.39, 0.29) is 12.0 Å². The van der Waals surface area contributed by atoms with Crippen LogP contribution in [0.3, 0.4) is 0 Å². The molecule has 2 unspecified atom stereocenters. The fourth-order valence-electron chi connectivity index (χ4n) is 2.80. The van der Waals surface area contributed by atoms with Crippen LogP contribution in [-0.2, 0) is 6.42 Å². The Morgan fingerprint density at radius 3 is 2.94 bits per heavy atom. The maximum absolute atomic E-state index is 10.1. The summed E-state index contributed by atoms with van der Waals surface area (Å²) in [5, 5.41) is 19.6. The van der Waals surface area contributed by atoms with Crippen molar-refractivity contribution in [2.45, 2.75) is 32.3 Å². The van der Waals surface area contributed by atoms with Crippen LogP contribution in [0.25, 0.3) is 0 Å². The lowest BCUT2D eigenvalue weighted by molar-refractivity contribution is 0.0270. The predicted octanol–water partition coefficient (Wildman–Crippen LogP) is 2.03. The highest BCUT2D eigenvalue weighted by molar-refractivity contribution is 5.27. The van der Waals surface area contributed by atoms with Gasteiger partial charge in [0, 0.05) is 19.0 Å². The fourth-order valence-corrected chi connectivity index (χ4v) is 2.80. The molecule has 3 nitrogen and oxygen atoms in total. The monoisotopic (exact) mass is 249 g/mol. The molecule has 1 saturated heterocycles. The molecule has 0 bridgehead atoms. The Kier molecular flexibility index (Phi) is 4.61. The molecule has 100 valence electrons. The van der Waals surface area contributed by atoms with E-state index in [1.54, 1.807) is 12.1 Å². The number of aromatic hydroxyl groups is 1. The zero-order chi connectivity index (χ0) is 13.0. The second-order valence-electron chi connectivity index (χ2n) is 5.29. The second-order valence-corrected chi connectivity index (χ2v) is 5.29. The molecule has 1 aromatic rings. The molecule has 1 aliphatic rings. The topological polar surface area (TPSA) is 43.7 Å². The third-order valence-electron chi connectivity index (χ3n) is 3.73. The van der Waals surface area contributed by atoms with Gasteiger partial charge in [-0.25, -0.2) is 0 Å². The lowest BCUT2D eigenvalue weighted by atomic mass is 9.88. The predicted molar refractivity (Wildman–Crippen MR) is 72.7 cm³/mol. The van der Waals surface area contributed by atoms with Gasteiger partial charge in [0.25, 0.3) is 0 Å². The van der Waals surface area contributed by atoms with Crippen molar-refractivity contribution in [1.82, 2.24) is 4.90 Å². The Labute approximate surface area is 109 Å². The smallest absolute Gasteiger partial charge is 0.115 e. The van der Waals surface area contributed by atoms with Crippen LogP contribution in [0.2, 0.25) is 0 Å². The zero-order valence-corrected chi connectivity index (χ0v) is 11.0. The van der Waals surface area contributed by atoms with E-state index in [2.05, 4.69) is 11.8 Å². The number of aliphatic hydroxyl groups is 1. The van der Waals surface area contributed by atoms with Gasteiger partial charge in [-0.15, -0.1) is 0 Å². The minimum absolute atomic E-state index is 0.208. The highest BCUT2D eigenvalue weighted by atomic mass is 16.3. The van der Waals surface area contributed by atoms with Crippen LogP contribution in [0.4, 0.5) is 0 Å². The van der Waals surface area contributed by atoms with Gasteiger partial charge in [0.1, 0.15) is 5.75 Å². The molecular formula is C15H23NO2. The van der Waals surface area contributed by atoms with Crippen molar-refractivity contribution >= 4 is 0 Å². The minimum Gasteiger partial charge on any atom is -0.508 e. The quantitative estimate of drug-likeness (QED) is 0.858. The molecule has 0 aromatic heterocycles. The molecule has 0 amide bonds. The van der Waals surface area contributed by atoms with E-state index in [1.807, 2.05) is 12.1 Å². The number of phenols is 1. The minimum atomic E-state index is -0.208. The van der Waals surface area contributed by atoms with E-state index in [1.165, 1.54) is 0 Å². The summed E-state index contributed by atoms with van der Waals surface area (Å²) in [6, 6.07) is 7.37. The summed E-state index contributed by atoms with van der Waals surface area (Å²) in [4.78, 5) is 2.43. The first kappa shape index (κ1) is 13.4. The molecule has 2 N–H and O–H groups in total. The average molecular weight is 249 g/mol. The van der Waals surface area contributed by atoms with E-state index in [0.29, 0.717) is 5.75 Å². The van der Waals surface area contributed by atoms with Crippen molar-refractivity contribution in [2.75, 3.05) is 19.6 Å². The largest absolute Gasteiger partial charge is 0.508 e. The van der Waals surface area contributed by atoms with Crippen LogP contribution in [0.5, 0.6) is 5.75 Å². The summed E-state index contributed by atoms with van der Waals surface area (Å²) >= 11 is 0. The molecule has 1 aliphatic heterocycles. The van der Waals surface area contributed by atoms with Gasteiger partial charge in [0.15, 0.2) is 0 Å². The number of aliphatic hydroxyl groups excluding tert-OH is 1. The third-order valence-corrected chi connectivity index (χ3v) is 3.73. The molecule has 1 heterocycles. The van der Waals surface area contributed by atoms with E-state index in [4.69, 9.17) is 0 Å². The van der Waals surface area contributed by atoms with Crippen LogP contribution in [0, 0.1) is 5.92 Å². The van der Waals surface area contributed by atoms with E-state index < -0.39 is 0 Å². The molecule has 0 radical (unpaired) electrons. The second kappa shape index (κ2) is 6.21. The summed E-state index contributed by atoms with van der Waals surface area (Å²) in [6.45, 7) is 5.27. The normalized spacial score (nSPS) is 25.2. The van der Waals surface area contributed by atoms with E-state index >= 15 is 0 Å². The van der Waals surface area contributed by atoms with Gasteiger partial charge in [-0.05, 0) is 43.5 Å². The van der Waals surface area contributed by atoms with Crippen LogP contribution in [0.1, 0.15) is 25.3 Å². The summed E-state index contributed by atoms with van der Waals surface area (Å²) in [5.41, 5.74) is 1.11. The van der Waals surface area contributed by atoms with Gasteiger partial charge in [-0.3, -0.25) is 0 Å². The van der Waals surface area contributed by atoms with Gasteiger partial charge < -0.3 is 15.1 Å². The molecule has 0 saturated carbocycles. The Morgan fingerprint density at radius 2 is 2.22 bits per heavy atom. The molecular weight excluding hydrogens is 226 g/mol. The zero-order valence-electron chi connectivity index (χ0n) is 11.0. The van der Waals surface area contributed by atoms with E-state index in [9.17, 15) is 10.2 Å². The standard InChI is InChI=1S/C15H23NO2/c1-2-7-16-8-6-15(18)13(11-16)9-12-4-3-5-14(17)10-12/h3-5,10,13,15,17-18H,2,6-9,11H2,1H3. The third kappa shape index (κ3) is 3.47. The summed E-state index contributed by atoms with van der Waals surface area (Å²) < 4.78 is 0. The number of hydrogen-bond acceptors (Lipinski definition) is 3. The van der Waals surface area contributed by atoms with Crippen molar-refractivity contribution in [1.29, 1.82) is 0 Å². The number of phenolic OH excluding ortho intramolecular Hbond substituents is 1. The number of piperidine rings is 1. The first-order valence-corrected chi connectivity index (χ1v) is 6.87. The Morgan fingerprint density at radius 1 is 1.39 bits per heavy atom. The first-order valence-electron chi connectivity index (χ1n) is 6.87. The number of rotatable bonds is 4. The lowest BCUT2D eigenvalue weighted by Gasteiger charge is -2.36. The first-order chi connectivity index (χ1) is 8.69. The average Bonchev–Trinajstić information content (AvgIpc) is 2.34. The number of benzene rings is 1. The number of likely N-dealkylation sites (tertiary alicyclic amines) is 1. The van der Waals surface area contributed by atoms with Crippen molar-refractivity contribution < 1.29 is 10.2 Å². The van der Waals surface area contributed by atoms with Gasteiger partial charge in [-0.1, -0.05) is 19.1 Å². The Hall–Kier alpha value is -1.06. The number of nitrogens with zero attached hydrogens (tertiary/aromatic N) is 1. The molecule has 3 heteroatoms. The SMILES string of the molecule is CCCN1CCC(O)C(Cc2cccc(O)c2)C1. The lowest BCUT2D eigenvalue weighted by Crippen LogP contribution is -2.44. The van der Waals surface area contributed by atoms with Crippen LogP contribution < -0.4 is 0 Å². The molecule has 2 rings (SSSR count). The summed E-state index contributed by atoms with van der Waals surface area (Å²) in [7, 11) is 0. The van der Waals surface area contributed by atoms with Crippen molar-refractivity contribution in [3.8, 4) is 5.75 Å². The Bertz CT molecular complexity index is 381. The highest BCUT2D eigenvalue weighted by Crippen LogP contribution is 2.23. The molecule has 2 atom stereocenters. The van der Waals surface area contributed by atoms with Crippen molar-refractivity contribution in [3.63, 3.8) is 0 Å². The van der Waals surface area contributed by atoms with Gasteiger partial charge in [0.2, 0.25) is 0 Å². The summed E-state index contributed by atoms with van der Waals surface area (Å²) in [5.74, 6) is 0.593. The van der Waals surface area contributed by atoms with Crippen LogP contribution >= 0.6 is 0 Å². The molecule has 0 spiro atoms. The van der Waals surface area contributed by atoms with Gasteiger partial charge in [-0.2, -0.15) is 0 Å². The Balaban J connectivity index is 1.98. The fraction of sp³-hybridized carbons (Fsp3) is 0.600. The summed E-state index contributed by atoms with van der Waals surface area (Å²) in [6.07, 6.45) is 2.66. The van der Waals surface area contributed by atoms with Crippen molar-refractivity contribution in [2.24, 2.45) is 5.92 Å². The van der Waals surface area contributed by atoms with Crippen molar-refractivity contribution in [3.05, 3.63) is 29.8 Å². The van der Waals surface area contributed by atoms with Gasteiger partial charge >= 0.3 is 0 Å². The molecule has 1 aromatic carbocycles. The molecule has 0 aliphatic carbocycles. The molecule has 1 fully saturated rings. The maximum atomic E-state index is 10.1. The van der Waals surface area contributed by atoms with Gasteiger partial charge in [0.05, 0.1) is 6.10 Å². The molecule has 18 heavy (non-hydrogen) atoms. The number of hydrogen-bond donors (Lipinski definition) is 2. The highest BCUT2D eigenvalue weighted by Gasteiger charge is 2.27. The maximum Gasteiger partial charge on any atom is 0.115 e.